The van der Waals surface area contributed by atoms with Crippen molar-refractivity contribution in [3.63, 3.8) is 0 Å². The van der Waals surface area contributed by atoms with Gasteiger partial charge in [0.05, 0.1) is 6.17 Å². The van der Waals surface area contributed by atoms with Crippen molar-refractivity contribution in [1.29, 1.82) is 0 Å². The lowest BCUT2D eigenvalue weighted by Gasteiger charge is -2.52. The maximum Gasteiger partial charge on any atom is 0.0628 e. The first-order valence-electron chi connectivity index (χ1n) is 13.3. The third kappa shape index (κ3) is 6.68. The number of nitrogens with zero attached hydrogens (tertiary/aromatic N) is 2. The van der Waals surface area contributed by atoms with Crippen molar-refractivity contribution >= 4 is 0 Å². The second-order valence-corrected chi connectivity index (χ2v) is 13.7. The van der Waals surface area contributed by atoms with E-state index >= 15 is 0 Å². The summed E-state index contributed by atoms with van der Waals surface area (Å²) in [5.74, 6) is 0. The summed E-state index contributed by atoms with van der Waals surface area (Å²) in [6, 6.07) is 1.38. The average Bonchev–Trinajstić information content (AvgIpc) is 2.97. The van der Waals surface area contributed by atoms with Crippen LogP contribution < -0.4 is 10.6 Å². The fraction of sp³-hybridized carbons (Fsp3) is 1.00. The molecule has 0 aliphatic carbocycles. The van der Waals surface area contributed by atoms with E-state index in [1.807, 2.05) is 0 Å². The fourth-order valence-electron chi connectivity index (χ4n) is 7.66. The van der Waals surface area contributed by atoms with E-state index < -0.39 is 0 Å². The molecule has 3 fully saturated rings. The minimum atomic E-state index is 0.214. The third-order valence-electron chi connectivity index (χ3n) is 7.97. The van der Waals surface area contributed by atoms with Gasteiger partial charge in [-0.15, -0.1) is 0 Å². The first kappa shape index (κ1) is 25.5. The first-order chi connectivity index (χ1) is 14.2. The van der Waals surface area contributed by atoms with Gasteiger partial charge in [-0.1, -0.05) is 32.6 Å². The largest absolute Gasteiger partial charge is 0.307 e. The molecule has 0 radical (unpaired) electrons. The van der Waals surface area contributed by atoms with Crippen molar-refractivity contribution in [3.8, 4) is 0 Å². The monoisotopic (exact) mass is 434 g/mol. The van der Waals surface area contributed by atoms with Gasteiger partial charge in [-0.05, 0) is 87.5 Å². The van der Waals surface area contributed by atoms with Crippen molar-refractivity contribution in [2.45, 2.75) is 161 Å². The molecule has 4 heteroatoms. The molecule has 0 bridgehead atoms. The molecule has 3 saturated heterocycles. The standard InChI is InChI=1S/C27H54N4/c1-10-11-12-13-14-23-30(21-17-24(2,3)28-25(4,5)18-21)15-16-31(23)22-19-26(6,7)29-27(8,9)20-22/h21-23,28-29H,10-20H2,1-9H3. The Kier molecular flexibility index (Phi) is 7.59. The Hall–Kier alpha value is -0.160. The van der Waals surface area contributed by atoms with Gasteiger partial charge in [-0.25, -0.2) is 0 Å². The van der Waals surface area contributed by atoms with Crippen LogP contribution in [0.4, 0.5) is 0 Å². The van der Waals surface area contributed by atoms with Crippen LogP contribution in [0, 0.1) is 0 Å². The molecule has 0 aromatic carbocycles. The van der Waals surface area contributed by atoms with Gasteiger partial charge >= 0.3 is 0 Å². The molecule has 0 spiro atoms. The van der Waals surface area contributed by atoms with Crippen molar-refractivity contribution in [3.05, 3.63) is 0 Å². The van der Waals surface area contributed by atoms with Crippen molar-refractivity contribution in [2.24, 2.45) is 0 Å². The minimum Gasteiger partial charge on any atom is -0.307 e. The Morgan fingerprint density at radius 1 is 0.613 bits per heavy atom. The van der Waals surface area contributed by atoms with Gasteiger partial charge in [0.25, 0.3) is 0 Å². The van der Waals surface area contributed by atoms with Crippen LogP contribution in [0.5, 0.6) is 0 Å². The second kappa shape index (κ2) is 9.24. The molecule has 3 rings (SSSR count). The number of nitrogens with one attached hydrogen (secondary N) is 2. The van der Waals surface area contributed by atoms with Gasteiger partial charge in [-0.2, -0.15) is 0 Å². The van der Waals surface area contributed by atoms with Gasteiger partial charge in [0, 0.05) is 47.3 Å². The van der Waals surface area contributed by atoms with E-state index in [1.54, 1.807) is 0 Å². The summed E-state index contributed by atoms with van der Waals surface area (Å²) in [5.41, 5.74) is 0.855. The summed E-state index contributed by atoms with van der Waals surface area (Å²) >= 11 is 0. The van der Waals surface area contributed by atoms with Crippen LogP contribution in [0.15, 0.2) is 0 Å². The van der Waals surface area contributed by atoms with E-state index in [0.717, 1.165) is 0 Å². The summed E-state index contributed by atoms with van der Waals surface area (Å²) in [5, 5.41) is 7.82. The number of hydrogen-bond donors (Lipinski definition) is 2. The molecule has 31 heavy (non-hydrogen) atoms. The molecular weight excluding hydrogens is 380 g/mol. The lowest BCUT2D eigenvalue weighted by atomic mass is 9.78. The van der Waals surface area contributed by atoms with Crippen LogP contribution in [0.2, 0.25) is 0 Å². The van der Waals surface area contributed by atoms with E-state index in [9.17, 15) is 0 Å². The van der Waals surface area contributed by atoms with E-state index in [-0.39, 0.29) is 22.2 Å². The molecule has 0 aromatic rings. The molecular formula is C27H54N4. The summed E-state index contributed by atoms with van der Waals surface area (Å²) < 4.78 is 0. The first-order valence-corrected chi connectivity index (χ1v) is 13.3. The Morgan fingerprint density at radius 2 is 1.00 bits per heavy atom. The van der Waals surface area contributed by atoms with Crippen LogP contribution in [-0.2, 0) is 0 Å². The third-order valence-corrected chi connectivity index (χ3v) is 7.97. The maximum atomic E-state index is 3.91. The van der Waals surface area contributed by atoms with Crippen molar-refractivity contribution < 1.29 is 0 Å². The normalized spacial score (nSPS) is 30.1. The molecule has 4 nitrogen and oxygen atoms in total. The SMILES string of the molecule is CCCCCCC1N(C2CC(C)(C)NC(C)(C)C2)CCN1C1CC(C)(C)NC(C)(C)C1. The van der Waals surface area contributed by atoms with Crippen LogP contribution in [-0.4, -0.2) is 63.3 Å². The van der Waals surface area contributed by atoms with Gasteiger partial charge in [0.1, 0.15) is 0 Å². The topological polar surface area (TPSA) is 30.5 Å². The molecule has 3 heterocycles. The van der Waals surface area contributed by atoms with Crippen LogP contribution in [0.3, 0.4) is 0 Å². The molecule has 182 valence electrons. The number of unbranched alkanes of at least 4 members (excludes halogenated alkanes) is 3. The molecule has 0 amide bonds. The molecule has 0 atom stereocenters. The van der Waals surface area contributed by atoms with Crippen LogP contribution >= 0.6 is 0 Å². The van der Waals surface area contributed by atoms with Crippen molar-refractivity contribution in [2.75, 3.05) is 13.1 Å². The van der Waals surface area contributed by atoms with E-state index in [4.69, 9.17) is 0 Å². The lowest BCUT2D eigenvalue weighted by molar-refractivity contribution is -0.00826. The Morgan fingerprint density at radius 3 is 1.35 bits per heavy atom. The minimum absolute atomic E-state index is 0.214. The van der Waals surface area contributed by atoms with Gasteiger partial charge < -0.3 is 10.6 Å². The van der Waals surface area contributed by atoms with Gasteiger partial charge in [0.15, 0.2) is 0 Å². The van der Waals surface area contributed by atoms with Gasteiger partial charge in [-0.3, -0.25) is 9.80 Å². The average molecular weight is 435 g/mol. The molecule has 0 saturated carbocycles. The predicted molar refractivity (Wildman–Crippen MR) is 135 cm³/mol. The number of hydrogen-bond acceptors (Lipinski definition) is 4. The van der Waals surface area contributed by atoms with Crippen LogP contribution in [0.1, 0.15) is 120 Å². The smallest absolute Gasteiger partial charge is 0.0628 e. The zero-order chi connectivity index (χ0) is 23.1. The molecule has 2 N–H and O–H groups in total. The Bertz CT molecular complexity index is 516. The Labute approximate surface area is 194 Å². The summed E-state index contributed by atoms with van der Waals surface area (Å²) in [7, 11) is 0. The highest BCUT2D eigenvalue weighted by Crippen LogP contribution is 2.39. The van der Waals surface area contributed by atoms with Crippen molar-refractivity contribution in [1.82, 2.24) is 20.4 Å². The molecule has 0 aromatic heterocycles. The number of rotatable bonds is 7. The van der Waals surface area contributed by atoms with E-state index in [2.05, 4.69) is 82.7 Å². The maximum absolute atomic E-state index is 3.91. The zero-order valence-corrected chi connectivity index (χ0v) is 22.4. The highest BCUT2D eigenvalue weighted by Gasteiger charge is 2.48. The van der Waals surface area contributed by atoms with E-state index in [0.29, 0.717) is 18.2 Å². The fourth-order valence-corrected chi connectivity index (χ4v) is 7.66. The highest BCUT2D eigenvalue weighted by molar-refractivity contribution is 5.05. The molecule has 0 unspecified atom stereocenters. The summed E-state index contributed by atoms with van der Waals surface area (Å²) in [6.45, 7) is 24.1. The zero-order valence-electron chi connectivity index (χ0n) is 22.4. The second-order valence-electron chi connectivity index (χ2n) is 13.7. The molecule has 3 aliphatic rings. The van der Waals surface area contributed by atoms with Gasteiger partial charge in [0.2, 0.25) is 0 Å². The van der Waals surface area contributed by atoms with Crippen LogP contribution in [0.25, 0.3) is 0 Å². The summed E-state index contributed by atoms with van der Waals surface area (Å²) in [4.78, 5) is 5.89. The quantitative estimate of drug-likeness (QED) is 0.517. The Balaban J connectivity index is 1.80. The van der Waals surface area contributed by atoms with E-state index in [1.165, 1.54) is 70.9 Å². The number of piperidine rings is 2. The highest BCUT2D eigenvalue weighted by atomic mass is 15.4. The molecule has 3 aliphatic heterocycles. The predicted octanol–water partition coefficient (Wildman–Crippen LogP) is 5.52. The lowest BCUT2D eigenvalue weighted by Crippen LogP contribution is -2.64. The summed E-state index contributed by atoms with van der Waals surface area (Å²) in [6.07, 6.45) is 12.5.